The van der Waals surface area contributed by atoms with E-state index in [2.05, 4.69) is 114 Å². The minimum Gasteiger partial charge on any atom is -0.490 e. The van der Waals surface area contributed by atoms with Gasteiger partial charge in [-0.25, -0.2) is 0 Å². The number of hydrogen-bond donors (Lipinski definition) is 0. The molecule has 4 rings (SSSR count). The van der Waals surface area contributed by atoms with Crippen molar-refractivity contribution < 1.29 is 23.1 Å². The molecule has 0 bridgehead atoms. The summed E-state index contributed by atoms with van der Waals surface area (Å²) in [5.41, 5.74) is 0.920. The third-order valence-electron chi connectivity index (χ3n) is 9.68. The largest absolute Gasteiger partial charge is 0.490 e. The standard InChI is InChI=1S/C41H60O5Si2/c1-33-30-35(31-39(42-5)43-6)41(32-33,46-47(7,8)9)34(27-29-44-36-21-13-10-14-22-36)20-19-28-45-48(40(2,3)4,37-23-15-11-16-24-37)38-25-17-12-18-26-38/h10-18,21-27,33,35,39H,19-20,28-32H2,1-9H3/b34-27+/t33-,35+,41-/m1/s1. The third kappa shape index (κ3) is 9.37. The Balaban J connectivity index is 1.69. The summed E-state index contributed by atoms with van der Waals surface area (Å²) >= 11 is 0. The Bertz CT molecular complexity index is 1360. The van der Waals surface area contributed by atoms with Crippen LogP contribution in [-0.4, -0.2) is 56.0 Å². The summed E-state index contributed by atoms with van der Waals surface area (Å²) < 4.78 is 32.5. The minimum atomic E-state index is -2.64. The lowest BCUT2D eigenvalue weighted by molar-refractivity contribution is -0.124. The van der Waals surface area contributed by atoms with Crippen molar-refractivity contribution in [3.05, 3.63) is 103 Å². The lowest BCUT2D eigenvalue weighted by Gasteiger charge is -2.44. The highest BCUT2D eigenvalue weighted by molar-refractivity contribution is 6.99. The van der Waals surface area contributed by atoms with Crippen LogP contribution >= 0.6 is 0 Å². The predicted molar refractivity (Wildman–Crippen MR) is 204 cm³/mol. The Morgan fingerprint density at radius 1 is 0.854 bits per heavy atom. The minimum absolute atomic E-state index is 0.0681. The van der Waals surface area contributed by atoms with Gasteiger partial charge in [-0.1, -0.05) is 107 Å². The van der Waals surface area contributed by atoms with Gasteiger partial charge in [-0.2, -0.15) is 0 Å². The smallest absolute Gasteiger partial charge is 0.261 e. The molecular formula is C41H60O5Si2. The van der Waals surface area contributed by atoms with E-state index in [1.165, 1.54) is 15.9 Å². The first-order chi connectivity index (χ1) is 22.8. The van der Waals surface area contributed by atoms with Gasteiger partial charge in [0.05, 0.1) is 5.60 Å². The molecular weight excluding hydrogens is 629 g/mol. The number of hydrogen-bond acceptors (Lipinski definition) is 5. The van der Waals surface area contributed by atoms with Gasteiger partial charge in [0.15, 0.2) is 14.6 Å². The normalized spacial score (nSPS) is 20.8. The van der Waals surface area contributed by atoms with Crippen LogP contribution in [0, 0.1) is 11.8 Å². The van der Waals surface area contributed by atoms with Gasteiger partial charge < -0.3 is 23.1 Å². The zero-order valence-electron chi connectivity index (χ0n) is 31.0. The average molecular weight is 689 g/mol. The zero-order chi connectivity index (χ0) is 34.8. The number of benzene rings is 3. The molecule has 0 aliphatic heterocycles. The van der Waals surface area contributed by atoms with Crippen molar-refractivity contribution in [2.45, 2.75) is 96.4 Å². The van der Waals surface area contributed by atoms with Crippen molar-refractivity contribution in [3.8, 4) is 5.75 Å². The molecule has 1 fully saturated rings. The van der Waals surface area contributed by atoms with E-state index in [0.717, 1.165) is 37.9 Å². The van der Waals surface area contributed by atoms with E-state index in [1.54, 1.807) is 14.2 Å². The SMILES string of the molecule is COC(C[C@@H]1C[C@@H](C)C[C@@]1(O[Si](C)(C)C)/C(=C/COc1ccccc1)CCCO[Si](c1ccccc1)(c1ccccc1)C(C)(C)C)OC. The molecule has 0 aromatic heterocycles. The number of methoxy groups -OCH3 is 2. The molecule has 3 atom stereocenters. The van der Waals surface area contributed by atoms with Crippen molar-refractivity contribution in [2.75, 3.05) is 27.4 Å². The second-order valence-corrected chi connectivity index (χ2v) is 24.2. The molecule has 262 valence electrons. The van der Waals surface area contributed by atoms with Gasteiger partial charge in [-0.3, -0.25) is 0 Å². The molecule has 3 aromatic rings. The second-order valence-electron chi connectivity index (χ2n) is 15.5. The lowest BCUT2D eigenvalue weighted by Crippen LogP contribution is -2.66. The fourth-order valence-electron chi connectivity index (χ4n) is 7.87. The summed E-state index contributed by atoms with van der Waals surface area (Å²) in [5.74, 6) is 1.66. The maximum atomic E-state index is 7.39. The molecule has 0 spiro atoms. The van der Waals surface area contributed by atoms with Gasteiger partial charge in [0.25, 0.3) is 8.32 Å². The molecule has 48 heavy (non-hydrogen) atoms. The molecule has 5 nitrogen and oxygen atoms in total. The fraction of sp³-hybridized carbons (Fsp3) is 0.512. The molecule has 0 amide bonds. The van der Waals surface area contributed by atoms with Crippen molar-refractivity contribution >= 4 is 27.0 Å². The Labute approximate surface area is 293 Å². The molecule has 0 saturated heterocycles. The van der Waals surface area contributed by atoms with Crippen LogP contribution in [0.1, 0.15) is 59.8 Å². The van der Waals surface area contributed by atoms with E-state index >= 15 is 0 Å². The number of para-hydroxylation sites is 1. The molecule has 3 aromatic carbocycles. The highest BCUT2D eigenvalue weighted by atomic mass is 28.4. The van der Waals surface area contributed by atoms with E-state index < -0.39 is 22.2 Å². The van der Waals surface area contributed by atoms with E-state index in [0.29, 0.717) is 19.1 Å². The molecule has 0 heterocycles. The highest BCUT2D eigenvalue weighted by Crippen LogP contribution is 2.51. The van der Waals surface area contributed by atoms with Crippen LogP contribution in [0.2, 0.25) is 24.7 Å². The van der Waals surface area contributed by atoms with E-state index in [4.69, 9.17) is 23.1 Å². The topological polar surface area (TPSA) is 46.2 Å². The second kappa shape index (κ2) is 16.9. The summed E-state index contributed by atoms with van der Waals surface area (Å²) in [6, 6.07) is 31.9. The lowest BCUT2D eigenvalue weighted by atomic mass is 9.79. The Morgan fingerprint density at radius 2 is 1.40 bits per heavy atom. The van der Waals surface area contributed by atoms with E-state index in [9.17, 15) is 0 Å². The zero-order valence-corrected chi connectivity index (χ0v) is 33.0. The van der Waals surface area contributed by atoms with Crippen LogP contribution in [0.15, 0.2) is 103 Å². The quantitative estimate of drug-likeness (QED) is 0.0613. The summed E-state index contributed by atoms with van der Waals surface area (Å²) in [5, 5.41) is 2.55. The average Bonchev–Trinajstić information content (AvgIpc) is 3.36. The molecule has 1 saturated carbocycles. The highest BCUT2D eigenvalue weighted by Gasteiger charge is 2.52. The molecule has 0 radical (unpaired) electrons. The first-order valence-electron chi connectivity index (χ1n) is 17.7. The van der Waals surface area contributed by atoms with Gasteiger partial charge in [-0.15, -0.1) is 0 Å². The first kappa shape index (κ1) is 38.3. The molecule has 1 aliphatic rings. The predicted octanol–water partition coefficient (Wildman–Crippen LogP) is 8.99. The maximum absolute atomic E-state index is 7.39. The van der Waals surface area contributed by atoms with Crippen LogP contribution in [-0.2, 0) is 18.3 Å². The van der Waals surface area contributed by atoms with Gasteiger partial charge in [0, 0.05) is 27.2 Å². The van der Waals surface area contributed by atoms with Crippen LogP contribution in [0.25, 0.3) is 0 Å². The van der Waals surface area contributed by atoms with E-state index in [-0.39, 0.29) is 17.2 Å². The van der Waals surface area contributed by atoms with Gasteiger partial charge >= 0.3 is 0 Å². The van der Waals surface area contributed by atoms with Crippen molar-refractivity contribution in [1.82, 2.24) is 0 Å². The monoisotopic (exact) mass is 688 g/mol. The molecule has 0 N–H and O–H groups in total. The fourth-order valence-corrected chi connectivity index (χ4v) is 14.0. The van der Waals surface area contributed by atoms with Crippen LogP contribution < -0.4 is 15.1 Å². The third-order valence-corrected chi connectivity index (χ3v) is 15.7. The van der Waals surface area contributed by atoms with Crippen molar-refractivity contribution in [1.29, 1.82) is 0 Å². The van der Waals surface area contributed by atoms with Gasteiger partial charge in [-0.05, 0) is 96.4 Å². The summed E-state index contributed by atoms with van der Waals surface area (Å²) in [6.07, 6.45) is 6.64. The van der Waals surface area contributed by atoms with E-state index in [1.807, 2.05) is 30.3 Å². The molecule has 1 aliphatic carbocycles. The van der Waals surface area contributed by atoms with Gasteiger partial charge in [0.2, 0.25) is 0 Å². The summed E-state index contributed by atoms with van der Waals surface area (Å²) in [6.45, 7) is 17.5. The summed E-state index contributed by atoms with van der Waals surface area (Å²) in [4.78, 5) is 0. The summed E-state index contributed by atoms with van der Waals surface area (Å²) in [7, 11) is -1.15. The van der Waals surface area contributed by atoms with Gasteiger partial charge in [0.1, 0.15) is 12.4 Å². The Hall–Kier alpha value is -2.53. The first-order valence-corrected chi connectivity index (χ1v) is 23.0. The molecule has 0 unspecified atom stereocenters. The maximum Gasteiger partial charge on any atom is 0.261 e. The Morgan fingerprint density at radius 3 is 1.90 bits per heavy atom. The van der Waals surface area contributed by atoms with Crippen LogP contribution in [0.4, 0.5) is 0 Å². The van der Waals surface area contributed by atoms with Crippen LogP contribution in [0.5, 0.6) is 5.75 Å². The molecule has 7 heteroatoms. The Kier molecular flexibility index (Phi) is 13.5. The van der Waals surface area contributed by atoms with Crippen molar-refractivity contribution in [2.24, 2.45) is 11.8 Å². The van der Waals surface area contributed by atoms with Crippen LogP contribution in [0.3, 0.4) is 0 Å². The number of rotatable bonds is 17. The van der Waals surface area contributed by atoms with Crippen molar-refractivity contribution in [3.63, 3.8) is 0 Å². The number of ether oxygens (including phenoxy) is 3.